The van der Waals surface area contributed by atoms with Gasteiger partial charge in [0, 0.05) is 18.2 Å². The summed E-state index contributed by atoms with van der Waals surface area (Å²) in [5.41, 5.74) is 1.86. The lowest BCUT2D eigenvalue weighted by Crippen LogP contribution is -2.41. The number of pyridine rings is 1. The lowest BCUT2D eigenvalue weighted by atomic mass is 9.96. The van der Waals surface area contributed by atoms with Gasteiger partial charge in [0.05, 0.1) is 12.2 Å². The van der Waals surface area contributed by atoms with Crippen LogP contribution in [0.2, 0.25) is 0 Å². The van der Waals surface area contributed by atoms with Crippen molar-refractivity contribution in [3.63, 3.8) is 0 Å². The van der Waals surface area contributed by atoms with Crippen molar-refractivity contribution in [1.82, 2.24) is 15.0 Å². The lowest BCUT2D eigenvalue weighted by Gasteiger charge is -2.30. The van der Waals surface area contributed by atoms with E-state index in [1.54, 1.807) is 12.3 Å². The zero-order valence-electron chi connectivity index (χ0n) is 16.6. The number of hydrogen-bond acceptors (Lipinski definition) is 6. The van der Waals surface area contributed by atoms with Crippen LogP contribution in [0, 0.1) is 12.8 Å². The van der Waals surface area contributed by atoms with Gasteiger partial charge in [-0.3, -0.25) is 19.8 Å². The largest absolute Gasteiger partial charge is 0.338 e. The van der Waals surface area contributed by atoms with Gasteiger partial charge in [0.1, 0.15) is 5.82 Å². The first-order valence-corrected chi connectivity index (χ1v) is 9.63. The maximum Gasteiger partial charge on any atom is 0.240 e. The highest BCUT2D eigenvalue weighted by Crippen LogP contribution is 2.20. The summed E-state index contributed by atoms with van der Waals surface area (Å²) in [6.45, 7) is 7.65. The molecule has 0 spiro atoms. The Labute approximate surface area is 164 Å². The molecule has 3 heterocycles. The maximum absolute atomic E-state index is 12.4. The van der Waals surface area contributed by atoms with Gasteiger partial charge < -0.3 is 9.84 Å². The number of hydrogen-bond donors (Lipinski definition) is 2. The Bertz CT molecular complexity index is 825. The number of likely N-dealkylation sites (tertiary alicyclic amines) is 1. The second-order valence-corrected chi connectivity index (χ2v) is 7.58. The zero-order chi connectivity index (χ0) is 20.1. The summed E-state index contributed by atoms with van der Waals surface area (Å²) in [5, 5.41) is 9.56. The van der Waals surface area contributed by atoms with Crippen molar-refractivity contribution in [2.45, 2.75) is 39.5 Å². The Balaban J connectivity index is 1.43. The highest BCUT2D eigenvalue weighted by molar-refractivity contribution is 5.92. The average molecular weight is 385 g/mol. The van der Waals surface area contributed by atoms with Crippen LogP contribution in [-0.2, 0) is 9.59 Å². The third-order valence-corrected chi connectivity index (χ3v) is 4.87. The summed E-state index contributed by atoms with van der Waals surface area (Å²) in [7, 11) is 0. The van der Waals surface area contributed by atoms with Crippen molar-refractivity contribution in [1.29, 1.82) is 0 Å². The molecule has 0 aliphatic carbocycles. The molecule has 0 saturated carbocycles. The zero-order valence-corrected chi connectivity index (χ0v) is 16.6. The van der Waals surface area contributed by atoms with Crippen molar-refractivity contribution >= 4 is 23.5 Å². The van der Waals surface area contributed by atoms with Crippen molar-refractivity contribution in [2.75, 3.05) is 30.3 Å². The lowest BCUT2D eigenvalue weighted by molar-refractivity contribution is -0.121. The average Bonchev–Trinajstić information content (AvgIpc) is 3.11. The van der Waals surface area contributed by atoms with Crippen LogP contribution in [0.4, 0.5) is 11.7 Å². The molecule has 2 aromatic rings. The van der Waals surface area contributed by atoms with E-state index in [-0.39, 0.29) is 30.2 Å². The summed E-state index contributed by atoms with van der Waals surface area (Å²) < 4.78 is 5.14. The van der Waals surface area contributed by atoms with Crippen LogP contribution in [0.25, 0.3) is 0 Å². The molecule has 0 atom stereocenters. The number of piperidine rings is 1. The van der Waals surface area contributed by atoms with Crippen LogP contribution >= 0.6 is 0 Å². The van der Waals surface area contributed by atoms with E-state index in [2.05, 4.69) is 20.8 Å². The van der Waals surface area contributed by atoms with E-state index in [9.17, 15) is 9.59 Å². The van der Waals surface area contributed by atoms with Gasteiger partial charge in [-0.15, -0.1) is 0 Å². The molecule has 0 radical (unpaired) electrons. The van der Waals surface area contributed by atoms with Crippen molar-refractivity contribution < 1.29 is 14.1 Å². The molecule has 1 fully saturated rings. The minimum Gasteiger partial charge on any atom is -0.338 e. The topological polar surface area (TPSA) is 100 Å². The van der Waals surface area contributed by atoms with E-state index in [4.69, 9.17) is 4.52 Å². The normalized spacial score (nSPS) is 15.6. The molecule has 0 aromatic carbocycles. The fourth-order valence-electron chi connectivity index (χ4n) is 3.19. The van der Waals surface area contributed by atoms with E-state index in [0.717, 1.165) is 11.3 Å². The van der Waals surface area contributed by atoms with Crippen LogP contribution in [0.3, 0.4) is 0 Å². The molecule has 8 nitrogen and oxygen atoms in total. The van der Waals surface area contributed by atoms with Crippen molar-refractivity contribution in [2.24, 2.45) is 5.92 Å². The molecule has 0 bridgehead atoms. The monoisotopic (exact) mass is 385 g/mol. The summed E-state index contributed by atoms with van der Waals surface area (Å²) in [5.74, 6) is 0.982. The second-order valence-electron chi connectivity index (χ2n) is 7.58. The Kier molecular flexibility index (Phi) is 6.41. The smallest absolute Gasteiger partial charge is 0.240 e. The number of rotatable bonds is 6. The minimum atomic E-state index is -0.140. The fraction of sp³-hybridized carbons (Fsp3) is 0.500. The van der Waals surface area contributed by atoms with E-state index >= 15 is 0 Å². The van der Waals surface area contributed by atoms with Gasteiger partial charge in [-0.05, 0) is 56.5 Å². The van der Waals surface area contributed by atoms with Crippen molar-refractivity contribution in [3.05, 3.63) is 35.7 Å². The van der Waals surface area contributed by atoms with Gasteiger partial charge in [-0.2, -0.15) is 0 Å². The number of carbonyl (C=O) groups is 2. The number of aryl methyl sites for hydroxylation is 1. The molecule has 28 heavy (non-hydrogen) atoms. The van der Waals surface area contributed by atoms with Gasteiger partial charge >= 0.3 is 0 Å². The van der Waals surface area contributed by atoms with Crippen LogP contribution in [-0.4, -0.2) is 46.5 Å². The Morgan fingerprint density at radius 2 is 2.00 bits per heavy atom. The summed E-state index contributed by atoms with van der Waals surface area (Å²) in [6.07, 6.45) is 3.11. The molecule has 3 rings (SSSR count). The van der Waals surface area contributed by atoms with E-state index < -0.39 is 0 Å². The molecule has 2 N–H and O–H groups in total. The quantitative estimate of drug-likeness (QED) is 0.793. The first-order chi connectivity index (χ1) is 13.4. The van der Waals surface area contributed by atoms with Gasteiger partial charge in [-0.1, -0.05) is 19.0 Å². The van der Waals surface area contributed by atoms with E-state index in [1.807, 2.05) is 37.8 Å². The molecule has 8 heteroatoms. The molecule has 2 amide bonds. The SMILES string of the molecule is Cc1ccnc(NC(=O)C2CCN(CC(=O)Nc3cc(C(C)C)no3)CC2)c1. The van der Waals surface area contributed by atoms with Crippen LogP contribution in [0.15, 0.2) is 28.9 Å². The third-order valence-electron chi connectivity index (χ3n) is 4.87. The minimum absolute atomic E-state index is 0.00919. The molecule has 0 unspecified atom stereocenters. The number of nitrogens with one attached hydrogen (secondary N) is 2. The van der Waals surface area contributed by atoms with Crippen molar-refractivity contribution in [3.8, 4) is 0 Å². The summed E-state index contributed by atoms with van der Waals surface area (Å²) in [6, 6.07) is 5.49. The number of anilines is 2. The molecule has 1 saturated heterocycles. The summed E-state index contributed by atoms with van der Waals surface area (Å²) >= 11 is 0. The second kappa shape index (κ2) is 8.97. The Hall–Kier alpha value is -2.74. The predicted octanol–water partition coefficient (Wildman–Crippen LogP) is 2.79. The highest BCUT2D eigenvalue weighted by atomic mass is 16.5. The highest BCUT2D eigenvalue weighted by Gasteiger charge is 2.26. The standard InChI is InChI=1S/C20H27N5O3/c1-13(2)16-11-19(28-24-16)23-18(26)12-25-8-5-15(6-9-25)20(27)22-17-10-14(3)4-7-21-17/h4,7,10-11,13,15H,5-6,8-9,12H2,1-3H3,(H,23,26)(H,21,22,27). The maximum atomic E-state index is 12.4. The predicted molar refractivity (Wildman–Crippen MR) is 106 cm³/mol. The Morgan fingerprint density at radius 1 is 1.25 bits per heavy atom. The van der Waals surface area contributed by atoms with Crippen LogP contribution in [0.5, 0.6) is 0 Å². The van der Waals surface area contributed by atoms with E-state index in [1.165, 1.54) is 0 Å². The number of amides is 2. The molecule has 1 aliphatic rings. The van der Waals surface area contributed by atoms with Crippen LogP contribution < -0.4 is 10.6 Å². The van der Waals surface area contributed by atoms with Gasteiger partial charge in [-0.25, -0.2) is 4.98 Å². The molecule has 150 valence electrons. The molecule has 1 aliphatic heterocycles. The molecular formula is C20H27N5O3. The number of carbonyl (C=O) groups excluding carboxylic acids is 2. The number of nitrogens with zero attached hydrogens (tertiary/aromatic N) is 3. The number of aromatic nitrogens is 2. The van der Waals surface area contributed by atoms with Gasteiger partial charge in [0.2, 0.25) is 17.7 Å². The summed E-state index contributed by atoms with van der Waals surface area (Å²) in [4.78, 5) is 30.9. The molecule has 2 aromatic heterocycles. The van der Waals surface area contributed by atoms with E-state index in [0.29, 0.717) is 37.6 Å². The first kappa shape index (κ1) is 20.0. The third kappa shape index (κ3) is 5.39. The fourth-order valence-corrected chi connectivity index (χ4v) is 3.19. The Morgan fingerprint density at radius 3 is 2.64 bits per heavy atom. The molecular weight excluding hydrogens is 358 g/mol. The van der Waals surface area contributed by atoms with Gasteiger partial charge in [0.15, 0.2) is 0 Å². The van der Waals surface area contributed by atoms with Crippen LogP contribution in [0.1, 0.15) is 43.9 Å². The van der Waals surface area contributed by atoms with Gasteiger partial charge in [0.25, 0.3) is 0 Å². The first-order valence-electron chi connectivity index (χ1n) is 9.63.